The van der Waals surface area contributed by atoms with Crippen molar-refractivity contribution in [3.05, 3.63) is 45.1 Å². The molecule has 1 atom stereocenters. The van der Waals surface area contributed by atoms with Crippen LogP contribution in [-0.4, -0.2) is 43.7 Å². The molecule has 7 heteroatoms. The summed E-state index contributed by atoms with van der Waals surface area (Å²) in [7, 11) is 0. The largest absolute Gasteiger partial charge is 0.373 e. The van der Waals surface area contributed by atoms with Crippen LogP contribution in [0.2, 0.25) is 0 Å². The van der Waals surface area contributed by atoms with Crippen LogP contribution in [0.4, 0.5) is 0 Å². The molecule has 0 spiro atoms. The van der Waals surface area contributed by atoms with Gasteiger partial charge in [0, 0.05) is 24.2 Å². The Morgan fingerprint density at radius 1 is 1.19 bits per heavy atom. The molecule has 2 aromatic heterocycles. The van der Waals surface area contributed by atoms with Crippen LogP contribution in [0.25, 0.3) is 0 Å². The number of aryl methyl sites for hydroxylation is 2. The number of ether oxygens (including phenoxy) is 1. The zero-order valence-corrected chi connectivity index (χ0v) is 15.8. The summed E-state index contributed by atoms with van der Waals surface area (Å²) < 4.78 is 9.40. The highest BCUT2D eigenvalue weighted by molar-refractivity contribution is 5.21. The van der Waals surface area contributed by atoms with Crippen molar-refractivity contribution < 1.29 is 4.74 Å². The van der Waals surface area contributed by atoms with Crippen LogP contribution in [0.1, 0.15) is 48.2 Å². The van der Waals surface area contributed by atoms with E-state index in [2.05, 4.69) is 14.7 Å². The molecule has 1 unspecified atom stereocenters. The molecule has 0 N–H and O–H groups in total. The summed E-state index contributed by atoms with van der Waals surface area (Å²) in [5.74, 6) is 0. The summed E-state index contributed by atoms with van der Waals surface area (Å²) in [6, 6.07) is 2.18. The van der Waals surface area contributed by atoms with Crippen molar-refractivity contribution in [3.63, 3.8) is 0 Å². The molecule has 0 radical (unpaired) electrons. The summed E-state index contributed by atoms with van der Waals surface area (Å²) in [4.78, 5) is 15.0. The molecule has 1 fully saturated rings. The molecule has 0 amide bonds. The van der Waals surface area contributed by atoms with Crippen molar-refractivity contribution in [2.75, 3.05) is 13.2 Å². The van der Waals surface area contributed by atoms with Crippen LogP contribution in [0.5, 0.6) is 0 Å². The zero-order valence-electron chi connectivity index (χ0n) is 15.8. The van der Waals surface area contributed by atoms with E-state index in [0.29, 0.717) is 19.2 Å². The monoisotopic (exact) mass is 369 g/mol. The average Bonchev–Trinajstić information content (AvgIpc) is 3.30. The Hall–Kier alpha value is -1.99. The fourth-order valence-electron chi connectivity index (χ4n) is 4.72. The minimum atomic E-state index is 0.0545. The van der Waals surface area contributed by atoms with E-state index in [9.17, 15) is 4.79 Å². The van der Waals surface area contributed by atoms with Crippen molar-refractivity contribution in [2.45, 2.75) is 70.8 Å². The molecular weight excluding hydrogens is 342 g/mol. The highest BCUT2D eigenvalue weighted by atomic mass is 16.5. The van der Waals surface area contributed by atoms with E-state index in [0.717, 1.165) is 56.8 Å². The van der Waals surface area contributed by atoms with E-state index in [1.54, 1.807) is 4.68 Å². The summed E-state index contributed by atoms with van der Waals surface area (Å²) in [5, 5.41) is 9.23. The lowest BCUT2D eigenvalue weighted by Crippen LogP contribution is -2.37. The predicted molar refractivity (Wildman–Crippen MR) is 100 cm³/mol. The maximum absolute atomic E-state index is 12.5. The molecule has 144 valence electrons. The molecule has 1 saturated heterocycles. The lowest BCUT2D eigenvalue weighted by molar-refractivity contribution is 0.0785. The smallest absolute Gasteiger partial charge is 0.267 e. The molecule has 3 aliphatic rings. The van der Waals surface area contributed by atoms with Gasteiger partial charge in [-0.2, -0.15) is 10.2 Å². The van der Waals surface area contributed by atoms with Gasteiger partial charge in [0.1, 0.15) is 0 Å². The van der Waals surface area contributed by atoms with Crippen LogP contribution in [0.15, 0.2) is 17.1 Å². The van der Waals surface area contributed by atoms with Gasteiger partial charge in [-0.25, -0.2) is 4.68 Å². The molecular formula is C20H27N5O2. The first-order valence-electron chi connectivity index (χ1n) is 10.2. The Morgan fingerprint density at radius 3 is 3.07 bits per heavy atom. The van der Waals surface area contributed by atoms with Gasteiger partial charge in [0.2, 0.25) is 0 Å². The van der Waals surface area contributed by atoms with E-state index in [4.69, 9.17) is 9.84 Å². The molecule has 5 rings (SSSR count). The topological polar surface area (TPSA) is 65.2 Å². The molecule has 0 aromatic carbocycles. The van der Waals surface area contributed by atoms with Gasteiger partial charge in [0.25, 0.3) is 5.56 Å². The van der Waals surface area contributed by atoms with Crippen molar-refractivity contribution in [2.24, 2.45) is 0 Å². The number of likely N-dealkylation sites (tertiary alicyclic amines) is 1. The maximum Gasteiger partial charge on any atom is 0.267 e. The second kappa shape index (κ2) is 7.20. The molecule has 2 aromatic rings. The minimum Gasteiger partial charge on any atom is -0.373 e. The Balaban J connectivity index is 1.33. The molecule has 27 heavy (non-hydrogen) atoms. The minimum absolute atomic E-state index is 0.0545. The number of nitrogens with zero attached hydrogens (tertiary/aromatic N) is 5. The van der Waals surface area contributed by atoms with Gasteiger partial charge in [-0.3, -0.25) is 14.4 Å². The standard InChI is InChI=1S/C20H27N5O2/c26-20-10-15-4-1-2-6-18(15)22-25(20)13-17-5-3-7-23(17)12-16-11-21-24-8-9-27-14-19(16)24/h10-11,17H,1-9,12-14H2. The number of aromatic nitrogens is 4. The SMILES string of the molecule is O=c1cc2c(nn1CC1CCCN1Cc1cnn3c1COCC3)CCCC2. The Labute approximate surface area is 158 Å². The fourth-order valence-corrected chi connectivity index (χ4v) is 4.72. The van der Waals surface area contributed by atoms with Crippen molar-refractivity contribution in [3.8, 4) is 0 Å². The molecule has 7 nitrogen and oxygen atoms in total. The van der Waals surface area contributed by atoms with Crippen LogP contribution in [0.3, 0.4) is 0 Å². The van der Waals surface area contributed by atoms with E-state index < -0.39 is 0 Å². The highest BCUT2D eigenvalue weighted by Gasteiger charge is 2.28. The van der Waals surface area contributed by atoms with Gasteiger partial charge in [-0.05, 0) is 50.6 Å². The van der Waals surface area contributed by atoms with Gasteiger partial charge in [-0.1, -0.05) is 0 Å². The molecule has 0 saturated carbocycles. The van der Waals surface area contributed by atoms with Gasteiger partial charge in [0.15, 0.2) is 0 Å². The van der Waals surface area contributed by atoms with Gasteiger partial charge < -0.3 is 4.74 Å². The number of fused-ring (bicyclic) bond motifs is 2. The van der Waals surface area contributed by atoms with E-state index in [1.165, 1.54) is 30.5 Å². The van der Waals surface area contributed by atoms with Gasteiger partial charge in [0.05, 0.1) is 43.9 Å². The first kappa shape index (κ1) is 17.1. The average molecular weight is 369 g/mol. The van der Waals surface area contributed by atoms with Gasteiger partial charge in [-0.15, -0.1) is 0 Å². The second-order valence-electron chi connectivity index (χ2n) is 8.00. The van der Waals surface area contributed by atoms with Crippen LogP contribution in [0, 0.1) is 0 Å². The second-order valence-corrected chi connectivity index (χ2v) is 8.00. The highest BCUT2D eigenvalue weighted by Crippen LogP contribution is 2.24. The lowest BCUT2D eigenvalue weighted by Gasteiger charge is -2.26. The normalized spacial score (nSPS) is 22.6. The van der Waals surface area contributed by atoms with Crippen LogP contribution >= 0.6 is 0 Å². The van der Waals surface area contributed by atoms with E-state index in [-0.39, 0.29) is 5.56 Å². The number of rotatable bonds is 4. The maximum atomic E-state index is 12.5. The summed E-state index contributed by atoms with van der Waals surface area (Å²) in [6.07, 6.45) is 8.64. The fraction of sp³-hybridized carbons (Fsp3) is 0.650. The first-order chi connectivity index (χ1) is 13.3. The summed E-state index contributed by atoms with van der Waals surface area (Å²) in [6.45, 7) is 4.87. The molecule has 4 heterocycles. The molecule has 0 bridgehead atoms. The third-order valence-electron chi connectivity index (χ3n) is 6.25. The van der Waals surface area contributed by atoms with Gasteiger partial charge >= 0.3 is 0 Å². The van der Waals surface area contributed by atoms with Crippen LogP contribution < -0.4 is 5.56 Å². The van der Waals surface area contributed by atoms with Crippen molar-refractivity contribution in [1.29, 1.82) is 0 Å². The number of hydrogen-bond acceptors (Lipinski definition) is 5. The molecule has 2 aliphatic heterocycles. The van der Waals surface area contributed by atoms with Crippen molar-refractivity contribution >= 4 is 0 Å². The first-order valence-corrected chi connectivity index (χ1v) is 10.2. The quantitative estimate of drug-likeness (QED) is 0.817. The van der Waals surface area contributed by atoms with E-state index >= 15 is 0 Å². The third kappa shape index (κ3) is 3.34. The Kier molecular flexibility index (Phi) is 4.57. The predicted octanol–water partition coefficient (Wildman–Crippen LogP) is 1.51. The summed E-state index contributed by atoms with van der Waals surface area (Å²) in [5.41, 5.74) is 4.81. The summed E-state index contributed by atoms with van der Waals surface area (Å²) >= 11 is 0. The Morgan fingerprint density at radius 2 is 2.11 bits per heavy atom. The number of hydrogen-bond donors (Lipinski definition) is 0. The lowest BCUT2D eigenvalue weighted by atomic mass is 9.97. The zero-order chi connectivity index (χ0) is 18.2. The van der Waals surface area contributed by atoms with Crippen molar-refractivity contribution in [1.82, 2.24) is 24.5 Å². The van der Waals surface area contributed by atoms with E-state index in [1.807, 2.05) is 12.3 Å². The third-order valence-corrected chi connectivity index (χ3v) is 6.25. The molecule has 1 aliphatic carbocycles. The Bertz CT molecular complexity index is 887. The van der Waals surface area contributed by atoms with Crippen LogP contribution in [-0.2, 0) is 43.8 Å².